The van der Waals surface area contributed by atoms with E-state index < -0.39 is 0 Å². The summed E-state index contributed by atoms with van der Waals surface area (Å²) < 4.78 is 5.51. The highest BCUT2D eigenvalue weighted by Crippen LogP contribution is 2.31. The van der Waals surface area contributed by atoms with E-state index in [1.165, 1.54) is 12.8 Å². The van der Waals surface area contributed by atoms with Gasteiger partial charge in [0.1, 0.15) is 5.75 Å². The molecule has 0 unspecified atom stereocenters. The summed E-state index contributed by atoms with van der Waals surface area (Å²) in [5.74, 6) is 0.377. The number of amides is 1. The van der Waals surface area contributed by atoms with Gasteiger partial charge in [-0.3, -0.25) is 4.79 Å². The van der Waals surface area contributed by atoms with Gasteiger partial charge < -0.3 is 15.0 Å². The minimum atomic E-state index is -0.224. The van der Waals surface area contributed by atoms with Crippen molar-refractivity contribution in [3.05, 3.63) is 52.5 Å². The van der Waals surface area contributed by atoms with Crippen LogP contribution >= 0.6 is 23.2 Å². The Bertz CT molecular complexity index is 742. The molecule has 0 saturated carbocycles. The topological polar surface area (TPSA) is 41.6 Å². The first kappa shape index (κ1) is 18.9. The van der Waals surface area contributed by atoms with Crippen molar-refractivity contribution in [2.75, 3.05) is 29.9 Å². The van der Waals surface area contributed by atoms with Crippen molar-refractivity contribution in [2.24, 2.45) is 0 Å². The molecule has 1 aliphatic rings. The van der Waals surface area contributed by atoms with Gasteiger partial charge in [0.25, 0.3) is 5.91 Å². The van der Waals surface area contributed by atoms with Crippen LogP contribution in [0, 0.1) is 0 Å². The number of benzene rings is 2. The molecule has 2 aromatic rings. The van der Waals surface area contributed by atoms with Crippen molar-refractivity contribution in [3.63, 3.8) is 0 Å². The summed E-state index contributed by atoms with van der Waals surface area (Å²) in [5, 5.41) is 4.16. The summed E-state index contributed by atoms with van der Waals surface area (Å²) in [6.45, 7) is 1.91. The van der Waals surface area contributed by atoms with E-state index >= 15 is 0 Å². The zero-order chi connectivity index (χ0) is 18.4. The highest BCUT2D eigenvalue weighted by Gasteiger charge is 2.16. The van der Waals surface area contributed by atoms with Crippen LogP contribution in [0.5, 0.6) is 5.75 Å². The molecule has 1 amide bonds. The van der Waals surface area contributed by atoms with Crippen LogP contribution in [0.15, 0.2) is 42.5 Å². The Kier molecular flexibility index (Phi) is 6.64. The molecule has 0 radical (unpaired) electrons. The summed E-state index contributed by atoms with van der Waals surface area (Å²) >= 11 is 12.0. The lowest BCUT2D eigenvalue weighted by Crippen LogP contribution is -2.27. The molecule has 6 heteroatoms. The molecule has 1 heterocycles. The molecule has 3 rings (SSSR count). The molecular weight excluding hydrogens is 371 g/mol. The molecule has 0 spiro atoms. The number of carbonyl (C=O) groups excluding carboxylic acids is 1. The largest absolute Gasteiger partial charge is 0.484 e. The average Bonchev–Trinajstić information content (AvgIpc) is 2.91. The maximum Gasteiger partial charge on any atom is 0.262 e. The maximum absolute atomic E-state index is 12.3. The number of carbonyl (C=O) groups is 1. The molecule has 1 saturated heterocycles. The number of nitrogens with one attached hydrogen (secondary N) is 1. The van der Waals surface area contributed by atoms with Gasteiger partial charge in [-0.05, 0) is 55.3 Å². The Balaban J connectivity index is 1.66. The second-order valence-electron chi connectivity index (χ2n) is 6.35. The van der Waals surface area contributed by atoms with Crippen molar-refractivity contribution in [2.45, 2.75) is 25.7 Å². The second kappa shape index (κ2) is 9.15. The van der Waals surface area contributed by atoms with Crippen molar-refractivity contribution >= 4 is 40.5 Å². The van der Waals surface area contributed by atoms with Gasteiger partial charge >= 0.3 is 0 Å². The highest BCUT2D eigenvalue weighted by molar-refractivity contribution is 6.31. The zero-order valence-corrected chi connectivity index (χ0v) is 16.0. The average molecular weight is 393 g/mol. The van der Waals surface area contributed by atoms with Crippen molar-refractivity contribution < 1.29 is 9.53 Å². The molecule has 0 aliphatic carbocycles. The molecule has 2 aromatic carbocycles. The van der Waals surface area contributed by atoms with E-state index in [0.717, 1.165) is 37.3 Å². The molecular formula is C20H22Cl2N2O2. The second-order valence-corrected chi connectivity index (χ2v) is 7.23. The van der Waals surface area contributed by atoms with Crippen LogP contribution in [0.2, 0.25) is 10.0 Å². The van der Waals surface area contributed by atoms with Crippen LogP contribution in [-0.2, 0) is 4.79 Å². The third-order valence-corrected chi connectivity index (χ3v) is 4.85. The van der Waals surface area contributed by atoms with E-state index in [4.69, 9.17) is 27.9 Å². The maximum atomic E-state index is 12.3. The van der Waals surface area contributed by atoms with Gasteiger partial charge in [0.2, 0.25) is 0 Å². The van der Waals surface area contributed by atoms with E-state index in [1.54, 1.807) is 30.3 Å². The number of hydrogen-bond donors (Lipinski definition) is 1. The van der Waals surface area contributed by atoms with Crippen LogP contribution in [0.1, 0.15) is 25.7 Å². The molecule has 0 atom stereocenters. The Labute approximate surface area is 164 Å². The number of ether oxygens (including phenoxy) is 1. The summed E-state index contributed by atoms with van der Waals surface area (Å²) in [6.07, 6.45) is 4.83. The standard InChI is InChI=1S/C20H22Cl2N2O2/c21-15-5-8-17(9-6-15)26-14-20(25)23-18-13-16(22)7-10-19(18)24-11-3-1-2-4-12-24/h5-10,13H,1-4,11-12,14H2,(H,23,25). The molecule has 0 bridgehead atoms. The molecule has 4 nitrogen and oxygen atoms in total. The molecule has 1 N–H and O–H groups in total. The highest BCUT2D eigenvalue weighted by atomic mass is 35.5. The van der Waals surface area contributed by atoms with Crippen molar-refractivity contribution in [1.29, 1.82) is 0 Å². The summed E-state index contributed by atoms with van der Waals surface area (Å²) in [5.41, 5.74) is 1.74. The van der Waals surface area contributed by atoms with Crippen LogP contribution in [0.3, 0.4) is 0 Å². The van der Waals surface area contributed by atoms with Gasteiger partial charge in [0.15, 0.2) is 6.61 Å². The summed E-state index contributed by atoms with van der Waals surface area (Å²) in [7, 11) is 0. The lowest BCUT2D eigenvalue weighted by atomic mass is 10.2. The van der Waals surface area contributed by atoms with E-state index in [1.807, 2.05) is 12.1 Å². The first-order valence-corrected chi connectivity index (χ1v) is 9.60. The van der Waals surface area contributed by atoms with Gasteiger partial charge in [-0.1, -0.05) is 36.0 Å². The third kappa shape index (κ3) is 5.29. The Morgan fingerprint density at radius 2 is 1.62 bits per heavy atom. The summed E-state index contributed by atoms with van der Waals surface area (Å²) in [4.78, 5) is 14.7. The van der Waals surface area contributed by atoms with Crippen LogP contribution in [0.25, 0.3) is 0 Å². The molecule has 1 fully saturated rings. The Hall–Kier alpha value is -1.91. The first-order valence-electron chi connectivity index (χ1n) is 8.84. The predicted molar refractivity (Wildman–Crippen MR) is 108 cm³/mol. The van der Waals surface area contributed by atoms with Crippen LogP contribution in [-0.4, -0.2) is 25.6 Å². The Morgan fingerprint density at radius 3 is 2.31 bits per heavy atom. The minimum Gasteiger partial charge on any atom is -0.484 e. The van der Waals surface area contributed by atoms with Gasteiger partial charge in [0, 0.05) is 23.1 Å². The number of nitrogens with zero attached hydrogens (tertiary/aromatic N) is 1. The molecule has 138 valence electrons. The zero-order valence-electron chi connectivity index (χ0n) is 14.5. The normalized spacial score (nSPS) is 14.6. The predicted octanol–water partition coefficient (Wildman–Crippen LogP) is 5.39. The van der Waals surface area contributed by atoms with Crippen molar-refractivity contribution in [3.8, 4) is 5.75 Å². The van der Waals surface area contributed by atoms with Gasteiger partial charge in [-0.25, -0.2) is 0 Å². The van der Waals surface area contributed by atoms with Gasteiger partial charge in [-0.2, -0.15) is 0 Å². The van der Waals surface area contributed by atoms with E-state index in [-0.39, 0.29) is 12.5 Å². The van der Waals surface area contributed by atoms with Gasteiger partial charge in [-0.15, -0.1) is 0 Å². The van der Waals surface area contributed by atoms with E-state index in [2.05, 4.69) is 10.2 Å². The third-order valence-electron chi connectivity index (χ3n) is 4.36. The Morgan fingerprint density at radius 1 is 0.962 bits per heavy atom. The monoisotopic (exact) mass is 392 g/mol. The number of halogens is 2. The lowest BCUT2D eigenvalue weighted by molar-refractivity contribution is -0.118. The smallest absolute Gasteiger partial charge is 0.262 e. The fourth-order valence-electron chi connectivity index (χ4n) is 3.06. The minimum absolute atomic E-state index is 0.0758. The number of anilines is 2. The molecule has 1 aliphatic heterocycles. The lowest BCUT2D eigenvalue weighted by Gasteiger charge is -2.25. The van der Waals surface area contributed by atoms with Crippen molar-refractivity contribution in [1.82, 2.24) is 0 Å². The number of rotatable bonds is 5. The summed E-state index contributed by atoms with van der Waals surface area (Å²) in [6, 6.07) is 12.6. The quantitative estimate of drug-likeness (QED) is 0.741. The fourth-order valence-corrected chi connectivity index (χ4v) is 3.36. The van der Waals surface area contributed by atoms with E-state index in [9.17, 15) is 4.79 Å². The molecule has 26 heavy (non-hydrogen) atoms. The van der Waals surface area contributed by atoms with E-state index in [0.29, 0.717) is 15.8 Å². The first-order chi connectivity index (χ1) is 12.6. The SMILES string of the molecule is O=C(COc1ccc(Cl)cc1)Nc1cc(Cl)ccc1N1CCCCCC1. The molecule has 0 aromatic heterocycles. The van der Waals surface area contributed by atoms with Crippen LogP contribution in [0.4, 0.5) is 11.4 Å². The van der Waals surface area contributed by atoms with Gasteiger partial charge in [0.05, 0.1) is 11.4 Å². The fraction of sp³-hybridized carbons (Fsp3) is 0.350. The van der Waals surface area contributed by atoms with Crippen LogP contribution < -0.4 is 15.0 Å². The number of hydrogen-bond acceptors (Lipinski definition) is 3.